The molecule has 0 spiro atoms. The van der Waals surface area contributed by atoms with Crippen LogP contribution in [-0.2, 0) is 4.28 Å². The molecule has 10 heavy (non-hydrogen) atoms. The lowest BCUT2D eigenvalue weighted by molar-refractivity contribution is 0.398. The Balaban J connectivity index is 2.75. The van der Waals surface area contributed by atoms with E-state index in [1.807, 2.05) is 12.1 Å². The number of rotatable bonds is 2. The topological polar surface area (TPSA) is 61.3 Å². The van der Waals surface area contributed by atoms with Gasteiger partial charge in [-0.3, -0.25) is 0 Å². The minimum absolute atomic E-state index is 0.710. The molecule has 3 nitrogen and oxygen atoms in total. The first-order chi connectivity index (χ1) is 4.83. The van der Waals surface area contributed by atoms with Crippen molar-refractivity contribution >= 4 is 17.7 Å². The molecular weight excluding hydrogens is 148 g/mol. The van der Waals surface area contributed by atoms with E-state index < -0.39 is 0 Å². The van der Waals surface area contributed by atoms with Crippen molar-refractivity contribution in [1.29, 1.82) is 0 Å². The first-order valence-electron chi connectivity index (χ1n) is 2.72. The molecule has 1 aromatic carbocycles. The van der Waals surface area contributed by atoms with Gasteiger partial charge in [0.05, 0.1) is 12.0 Å². The number of hydrogen-bond donors (Lipinski definition) is 2. The summed E-state index contributed by atoms with van der Waals surface area (Å²) < 4.78 is 4.34. The van der Waals surface area contributed by atoms with Crippen molar-refractivity contribution in [3.63, 3.8) is 0 Å². The lowest BCUT2D eigenvalue weighted by Crippen LogP contribution is -1.88. The maximum Gasteiger partial charge on any atom is 0.0522 e. The second kappa shape index (κ2) is 3.46. The largest absolute Gasteiger partial charge is 0.399 e. The quantitative estimate of drug-likeness (QED) is 0.383. The van der Waals surface area contributed by atoms with Crippen LogP contribution in [0.25, 0.3) is 0 Å². The van der Waals surface area contributed by atoms with Gasteiger partial charge in [-0.05, 0) is 18.2 Å². The molecular formula is C6H8N2OS. The molecule has 4 heteroatoms. The summed E-state index contributed by atoms with van der Waals surface area (Å²) in [5.74, 6) is 4.83. The normalized spacial score (nSPS) is 9.70. The SMILES string of the molecule is NOSc1cccc(N)c1. The van der Waals surface area contributed by atoms with Gasteiger partial charge in [-0.2, -0.15) is 0 Å². The number of nitrogen functional groups attached to an aromatic ring is 1. The van der Waals surface area contributed by atoms with Crippen molar-refractivity contribution in [3.05, 3.63) is 24.3 Å². The van der Waals surface area contributed by atoms with Crippen LogP contribution >= 0.6 is 12.0 Å². The minimum atomic E-state index is 0.710. The summed E-state index contributed by atoms with van der Waals surface area (Å²) >= 11 is 1.09. The van der Waals surface area contributed by atoms with Gasteiger partial charge in [-0.25, -0.2) is 10.2 Å². The van der Waals surface area contributed by atoms with Crippen LogP contribution in [0.4, 0.5) is 5.69 Å². The van der Waals surface area contributed by atoms with E-state index >= 15 is 0 Å². The molecule has 0 saturated heterocycles. The molecule has 0 aliphatic carbocycles. The Morgan fingerprint density at radius 1 is 1.40 bits per heavy atom. The lowest BCUT2D eigenvalue weighted by Gasteiger charge is -1.96. The lowest BCUT2D eigenvalue weighted by atomic mass is 10.3. The van der Waals surface area contributed by atoms with Crippen LogP contribution in [-0.4, -0.2) is 0 Å². The van der Waals surface area contributed by atoms with Crippen molar-refractivity contribution in [2.75, 3.05) is 5.73 Å². The van der Waals surface area contributed by atoms with E-state index in [2.05, 4.69) is 4.28 Å². The van der Waals surface area contributed by atoms with Gasteiger partial charge in [0.2, 0.25) is 0 Å². The van der Waals surface area contributed by atoms with Gasteiger partial charge < -0.3 is 5.73 Å². The summed E-state index contributed by atoms with van der Waals surface area (Å²) in [5.41, 5.74) is 6.19. The first kappa shape index (κ1) is 7.40. The van der Waals surface area contributed by atoms with Gasteiger partial charge in [-0.15, -0.1) is 0 Å². The molecule has 0 amide bonds. The van der Waals surface area contributed by atoms with Crippen LogP contribution in [0.5, 0.6) is 0 Å². The summed E-state index contributed by atoms with van der Waals surface area (Å²) in [5, 5.41) is 0. The summed E-state index contributed by atoms with van der Waals surface area (Å²) in [7, 11) is 0. The Bertz CT molecular complexity index is 217. The van der Waals surface area contributed by atoms with Gasteiger partial charge in [0.15, 0.2) is 0 Å². The molecule has 0 bridgehead atoms. The molecule has 0 aliphatic rings. The molecule has 0 aliphatic heterocycles. The number of benzene rings is 1. The zero-order valence-corrected chi connectivity index (χ0v) is 6.10. The summed E-state index contributed by atoms with van der Waals surface area (Å²) in [6.45, 7) is 0. The zero-order chi connectivity index (χ0) is 7.40. The molecule has 54 valence electrons. The van der Waals surface area contributed by atoms with Crippen molar-refractivity contribution in [2.24, 2.45) is 5.90 Å². The monoisotopic (exact) mass is 156 g/mol. The fourth-order valence-corrected chi connectivity index (χ4v) is 1.05. The standard InChI is InChI=1S/C6H8N2OS/c7-5-2-1-3-6(4-5)10-9-8/h1-4H,7-8H2. The maximum atomic E-state index is 5.48. The summed E-state index contributed by atoms with van der Waals surface area (Å²) in [4.78, 5) is 0.905. The van der Waals surface area contributed by atoms with E-state index in [4.69, 9.17) is 11.6 Å². The van der Waals surface area contributed by atoms with Crippen LogP contribution in [0.3, 0.4) is 0 Å². The molecule has 1 aromatic rings. The van der Waals surface area contributed by atoms with Gasteiger partial charge >= 0.3 is 0 Å². The summed E-state index contributed by atoms with van der Waals surface area (Å²) in [6, 6.07) is 7.31. The highest BCUT2D eigenvalue weighted by Gasteiger charge is 1.91. The maximum absolute atomic E-state index is 5.48. The zero-order valence-electron chi connectivity index (χ0n) is 5.28. The fraction of sp³-hybridized carbons (Fsp3) is 0. The Labute approximate surface area is 63.5 Å². The Kier molecular flexibility index (Phi) is 2.56. The van der Waals surface area contributed by atoms with Gasteiger partial charge in [0.25, 0.3) is 0 Å². The molecule has 0 atom stereocenters. The predicted octanol–water partition coefficient (Wildman–Crippen LogP) is 1.17. The molecule has 0 saturated carbocycles. The molecule has 0 fully saturated rings. The average molecular weight is 156 g/mol. The van der Waals surface area contributed by atoms with E-state index in [0.717, 1.165) is 16.9 Å². The van der Waals surface area contributed by atoms with Gasteiger partial charge in [0.1, 0.15) is 0 Å². The van der Waals surface area contributed by atoms with Gasteiger partial charge in [0, 0.05) is 10.6 Å². The second-order valence-electron chi connectivity index (χ2n) is 1.75. The molecule has 0 radical (unpaired) electrons. The highest BCUT2D eigenvalue weighted by Crippen LogP contribution is 2.18. The second-order valence-corrected chi connectivity index (χ2v) is 2.58. The molecule has 0 heterocycles. The van der Waals surface area contributed by atoms with Crippen LogP contribution in [0.2, 0.25) is 0 Å². The van der Waals surface area contributed by atoms with Crippen molar-refractivity contribution < 1.29 is 4.28 Å². The average Bonchev–Trinajstić information content (AvgIpc) is 1.88. The molecule has 0 unspecified atom stereocenters. The smallest absolute Gasteiger partial charge is 0.0522 e. The van der Waals surface area contributed by atoms with Crippen molar-refractivity contribution in [3.8, 4) is 0 Å². The first-order valence-corrected chi connectivity index (χ1v) is 3.46. The van der Waals surface area contributed by atoms with Crippen LogP contribution in [0, 0.1) is 0 Å². The minimum Gasteiger partial charge on any atom is -0.399 e. The molecule has 1 rings (SSSR count). The number of nitrogens with two attached hydrogens (primary N) is 2. The van der Waals surface area contributed by atoms with Crippen LogP contribution < -0.4 is 11.6 Å². The molecule has 0 aromatic heterocycles. The van der Waals surface area contributed by atoms with Crippen molar-refractivity contribution in [2.45, 2.75) is 4.90 Å². The highest BCUT2D eigenvalue weighted by molar-refractivity contribution is 7.94. The van der Waals surface area contributed by atoms with E-state index in [9.17, 15) is 0 Å². The van der Waals surface area contributed by atoms with Crippen LogP contribution in [0.1, 0.15) is 0 Å². The van der Waals surface area contributed by atoms with Crippen molar-refractivity contribution in [1.82, 2.24) is 0 Å². The Hall–Kier alpha value is -0.710. The fourth-order valence-electron chi connectivity index (χ4n) is 0.622. The number of anilines is 1. The van der Waals surface area contributed by atoms with E-state index in [1.54, 1.807) is 12.1 Å². The third-order valence-electron chi connectivity index (χ3n) is 1.00. The Morgan fingerprint density at radius 3 is 2.80 bits per heavy atom. The van der Waals surface area contributed by atoms with Gasteiger partial charge in [-0.1, -0.05) is 6.07 Å². The third kappa shape index (κ3) is 1.91. The van der Waals surface area contributed by atoms with E-state index in [-0.39, 0.29) is 0 Å². The summed E-state index contributed by atoms with van der Waals surface area (Å²) in [6.07, 6.45) is 0. The van der Waals surface area contributed by atoms with E-state index in [0.29, 0.717) is 5.69 Å². The van der Waals surface area contributed by atoms with Crippen LogP contribution in [0.15, 0.2) is 29.2 Å². The molecule has 4 N–H and O–H groups in total. The number of hydrogen-bond acceptors (Lipinski definition) is 4. The third-order valence-corrected chi connectivity index (χ3v) is 1.55. The predicted molar refractivity (Wildman–Crippen MR) is 42.0 cm³/mol. The Morgan fingerprint density at radius 2 is 2.20 bits per heavy atom. The highest BCUT2D eigenvalue weighted by atomic mass is 32.2. The van der Waals surface area contributed by atoms with E-state index in [1.165, 1.54) is 0 Å².